The van der Waals surface area contributed by atoms with E-state index in [2.05, 4.69) is 4.98 Å². The molecule has 0 N–H and O–H groups in total. The van der Waals surface area contributed by atoms with Gasteiger partial charge >= 0.3 is 55.6 Å². The molecule has 1 aromatic heterocycles. The van der Waals surface area contributed by atoms with Crippen LogP contribution in [0.5, 0.6) is 0 Å². The van der Waals surface area contributed by atoms with Crippen LogP contribution in [-0.2, 0) is 0 Å². The molecule has 8 heavy (non-hydrogen) atoms. The maximum absolute atomic E-state index is 12.2. The summed E-state index contributed by atoms with van der Waals surface area (Å²) in [5.41, 5.74) is 0. The fourth-order valence-corrected chi connectivity index (χ4v) is 0.466. The van der Waals surface area contributed by atoms with Crippen LogP contribution in [0.2, 0.25) is 0 Å². The Morgan fingerprint density at radius 2 is 2.38 bits per heavy atom. The number of hydrogen-bond donors (Lipinski definition) is 0. The summed E-state index contributed by atoms with van der Waals surface area (Å²) in [5.74, 6) is -0.382. The van der Waals surface area contributed by atoms with Crippen molar-refractivity contribution in [1.82, 2.24) is 4.98 Å². The van der Waals surface area contributed by atoms with Crippen molar-refractivity contribution >= 4 is 22.0 Å². The molecule has 0 aliphatic carbocycles. The first-order valence-corrected chi connectivity index (χ1v) is 2.38. The summed E-state index contributed by atoms with van der Waals surface area (Å²) >= 11 is 1.68. The summed E-state index contributed by atoms with van der Waals surface area (Å²) in [4.78, 5) is 3.41. The van der Waals surface area contributed by atoms with Crippen molar-refractivity contribution in [3.63, 3.8) is 0 Å². The molecule has 0 saturated carbocycles. The minimum atomic E-state index is -0.382. The normalized spacial score (nSPS) is 9.38. The van der Waals surface area contributed by atoms with E-state index in [0.717, 1.165) is 0 Å². The number of pyridine rings is 1. The number of halogens is 1. The predicted octanol–water partition coefficient (Wildman–Crippen LogP) is 0.0145. The van der Waals surface area contributed by atoms with Crippen molar-refractivity contribution in [2.75, 3.05) is 0 Å². The molecule has 0 radical (unpaired) electrons. The first kappa shape index (κ1) is 5.81. The Hall–Kier alpha value is -0.323. The third-order valence-electron chi connectivity index (χ3n) is 0.946. The third-order valence-corrected chi connectivity index (χ3v) is 0.946. The van der Waals surface area contributed by atoms with Crippen molar-refractivity contribution in [3.8, 4) is 0 Å². The van der Waals surface area contributed by atoms with Gasteiger partial charge in [-0.1, -0.05) is 0 Å². The van der Waals surface area contributed by atoms with Crippen LogP contribution in [0.25, 0.3) is 0 Å². The van der Waals surface area contributed by atoms with Crippen LogP contribution in [0.4, 0.5) is 4.39 Å². The van der Waals surface area contributed by atoms with Crippen LogP contribution >= 0.6 is 0 Å². The third kappa shape index (κ3) is 1.09. The van der Waals surface area contributed by atoms with E-state index in [0.29, 0.717) is 4.24 Å². The summed E-state index contributed by atoms with van der Waals surface area (Å²) in [7, 11) is 0. The van der Waals surface area contributed by atoms with Gasteiger partial charge in [-0.3, -0.25) is 0 Å². The van der Waals surface area contributed by atoms with E-state index in [-0.39, 0.29) is 5.95 Å². The van der Waals surface area contributed by atoms with E-state index in [1.165, 1.54) is 6.20 Å². The summed E-state index contributed by atoms with van der Waals surface area (Å²) in [5, 5.41) is 0. The molecule has 1 aromatic rings. The summed E-state index contributed by atoms with van der Waals surface area (Å²) in [6.07, 6.45) is 1.43. The van der Waals surface area contributed by atoms with Crippen LogP contribution < -0.4 is 4.24 Å². The van der Waals surface area contributed by atoms with Gasteiger partial charge in [-0.05, 0) is 0 Å². The molecule has 0 atom stereocenters. The molecule has 0 saturated heterocycles. The Kier molecular flexibility index (Phi) is 1.67. The molecular weight excluding hydrogens is 100 g/mol. The zero-order valence-corrected chi connectivity index (χ0v) is 4.56. The topological polar surface area (TPSA) is 12.9 Å². The van der Waals surface area contributed by atoms with Crippen LogP contribution in [0.3, 0.4) is 0 Å². The fourth-order valence-electron chi connectivity index (χ4n) is 0.466. The standard InChI is InChI=1S/C5H3FN.Li/c6-5-3-1-2-4-7-5;/h1-2,4H;. The average molecular weight is 103 g/mol. The van der Waals surface area contributed by atoms with E-state index in [4.69, 9.17) is 0 Å². The Balaban J connectivity index is 3.13. The molecular formula is C5H3FLiN. The van der Waals surface area contributed by atoms with Gasteiger partial charge in [0, 0.05) is 0 Å². The van der Waals surface area contributed by atoms with Gasteiger partial charge in [0.1, 0.15) is 0 Å². The number of aromatic nitrogens is 1. The molecule has 0 unspecified atom stereocenters. The number of nitrogens with zero attached hydrogens (tertiary/aromatic N) is 1. The second-order valence-electron chi connectivity index (χ2n) is 1.61. The number of hydrogen-bond acceptors (Lipinski definition) is 1. The van der Waals surface area contributed by atoms with Crippen LogP contribution in [0.15, 0.2) is 18.3 Å². The van der Waals surface area contributed by atoms with Gasteiger partial charge < -0.3 is 0 Å². The molecule has 0 amide bonds. The van der Waals surface area contributed by atoms with Crippen molar-refractivity contribution in [2.45, 2.75) is 0 Å². The van der Waals surface area contributed by atoms with E-state index in [1.807, 2.05) is 0 Å². The second-order valence-corrected chi connectivity index (χ2v) is 1.61. The fraction of sp³-hybridized carbons (Fsp3) is 0. The zero-order chi connectivity index (χ0) is 5.98. The molecule has 1 heterocycles. The van der Waals surface area contributed by atoms with Gasteiger partial charge in [0.05, 0.1) is 0 Å². The van der Waals surface area contributed by atoms with Crippen LogP contribution in [-0.4, -0.2) is 22.7 Å². The zero-order valence-electron chi connectivity index (χ0n) is 4.56. The van der Waals surface area contributed by atoms with E-state index in [9.17, 15) is 4.39 Å². The molecule has 0 aliphatic heterocycles. The van der Waals surface area contributed by atoms with Crippen LogP contribution in [0.1, 0.15) is 0 Å². The predicted molar refractivity (Wildman–Crippen MR) is 29.6 cm³/mol. The average Bonchev–Trinajstić information content (AvgIpc) is 1.77. The molecule has 0 bridgehead atoms. The molecule has 1 nitrogen and oxygen atoms in total. The molecule has 3 heteroatoms. The molecule has 0 aliphatic rings. The van der Waals surface area contributed by atoms with Crippen molar-refractivity contribution in [2.24, 2.45) is 0 Å². The van der Waals surface area contributed by atoms with E-state index >= 15 is 0 Å². The first-order valence-electron chi connectivity index (χ1n) is 2.38. The van der Waals surface area contributed by atoms with Gasteiger partial charge in [0.15, 0.2) is 0 Å². The maximum atomic E-state index is 12.2. The van der Waals surface area contributed by atoms with E-state index in [1.54, 1.807) is 29.8 Å². The molecule has 36 valence electrons. The molecule has 0 fully saturated rings. The van der Waals surface area contributed by atoms with Crippen LogP contribution in [0, 0.1) is 5.95 Å². The molecule has 1 rings (SSSR count). The molecule has 0 aromatic carbocycles. The van der Waals surface area contributed by atoms with Gasteiger partial charge in [-0.2, -0.15) is 0 Å². The Labute approximate surface area is 56.1 Å². The summed E-state index contributed by atoms with van der Waals surface area (Å²) < 4.78 is 12.8. The minimum absolute atomic E-state index is 0.382. The van der Waals surface area contributed by atoms with Crippen molar-refractivity contribution in [1.29, 1.82) is 0 Å². The first-order chi connectivity index (χ1) is 3.80. The SMILES string of the molecule is [Li][c]1cccnc1F. The molecule has 0 spiro atoms. The number of rotatable bonds is 0. The second kappa shape index (κ2) is 2.30. The van der Waals surface area contributed by atoms with Gasteiger partial charge in [0.2, 0.25) is 0 Å². The monoisotopic (exact) mass is 103 g/mol. The van der Waals surface area contributed by atoms with Crippen molar-refractivity contribution in [3.05, 3.63) is 24.3 Å². The van der Waals surface area contributed by atoms with E-state index < -0.39 is 0 Å². The quantitative estimate of drug-likeness (QED) is 0.333. The van der Waals surface area contributed by atoms with Gasteiger partial charge in [-0.15, -0.1) is 0 Å². The Morgan fingerprint density at radius 3 is 2.75 bits per heavy atom. The summed E-state index contributed by atoms with van der Waals surface area (Å²) in [6, 6.07) is 3.39. The van der Waals surface area contributed by atoms with Gasteiger partial charge in [0.25, 0.3) is 0 Å². The summed E-state index contributed by atoms with van der Waals surface area (Å²) in [6.45, 7) is 0. The van der Waals surface area contributed by atoms with Gasteiger partial charge in [-0.25, -0.2) is 0 Å². The Morgan fingerprint density at radius 1 is 1.62 bits per heavy atom. The Bertz CT molecular complexity index is 169. The van der Waals surface area contributed by atoms with Crippen molar-refractivity contribution < 1.29 is 4.39 Å².